The van der Waals surface area contributed by atoms with Gasteiger partial charge in [-0.15, -0.1) is 0 Å². The molecule has 1 saturated heterocycles. The normalized spacial score (nSPS) is 19.3. The van der Waals surface area contributed by atoms with Crippen LogP contribution in [0.15, 0.2) is 23.1 Å². The SMILES string of the molecule is CC(=O)Nc1cc(S(=O)(=O)N2CCCCC2C(C)=O)ccc1F. The van der Waals surface area contributed by atoms with Gasteiger partial charge in [0.2, 0.25) is 15.9 Å². The van der Waals surface area contributed by atoms with Gasteiger partial charge in [-0.1, -0.05) is 6.42 Å². The molecule has 1 fully saturated rings. The van der Waals surface area contributed by atoms with Gasteiger partial charge in [-0.3, -0.25) is 9.59 Å². The third-order valence-electron chi connectivity index (χ3n) is 3.78. The second-order valence-electron chi connectivity index (χ2n) is 5.56. The van der Waals surface area contributed by atoms with E-state index in [9.17, 15) is 22.4 Å². The largest absolute Gasteiger partial charge is 0.324 e. The molecule has 1 heterocycles. The van der Waals surface area contributed by atoms with Crippen molar-refractivity contribution >= 4 is 27.4 Å². The minimum Gasteiger partial charge on any atom is -0.324 e. The first-order valence-electron chi connectivity index (χ1n) is 7.33. The van der Waals surface area contributed by atoms with Gasteiger partial charge in [0.25, 0.3) is 0 Å². The van der Waals surface area contributed by atoms with E-state index in [0.29, 0.717) is 12.8 Å². The molecule has 0 saturated carbocycles. The van der Waals surface area contributed by atoms with Gasteiger partial charge in [-0.05, 0) is 38.0 Å². The van der Waals surface area contributed by atoms with Gasteiger partial charge < -0.3 is 5.32 Å². The van der Waals surface area contributed by atoms with Crippen LogP contribution in [0, 0.1) is 5.82 Å². The smallest absolute Gasteiger partial charge is 0.243 e. The molecule has 23 heavy (non-hydrogen) atoms. The lowest BCUT2D eigenvalue weighted by atomic mass is 10.0. The van der Waals surface area contributed by atoms with Gasteiger partial charge in [0.1, 0.15) is 11.6 Å². The van der Waals surface area contributed by atoms with Crippen LogP contribution < -0.4 is 5.32 Å². The number of carbonyl (C=O) groups is 2. The van der Waals surface area contributed by atoms with E-state index in [-0.39, 0.29) is 22.9 Å². The van der Waals surface area contributed by atoms with Crippen LogP contribution in [0.2, 0.25) is 0 Å². The number of Topliss-reactive ketones (excluding diaryl/α,β-unsaturated/α-hetero) is 1. The number of hydrogen-bond acceptors (Lipinski definition) is 4. The van der Waals surface area contributed by atoms with Crippen molar-refractivity contribution in [2.24, 2.45) is 0 Å². The van der Waals surface area contributed by atoms with Gasteiger partial charge in [0.15, 0.2) is 0 Å². The molecule has 1 unspecified atom stereocenters. The summed E-state index contributed by atoms with van der Waals surface area (Å²) in [6, 6.07) is 2.52. The van der Waals surface area contributed by atoms with Crippen LogP contribution in [0.3, 0.4) is 0 Å². The molecule has 1 N–H and O–H groups in total. The summed E-state index contributed by atoms with van der Waals surface area (Å²) in [5.41, 5.74) is -0.199. The Kier molecular flexibility index (Phi) is 5.16. The lowest BCUT2D eigenvalue weighted by molar-refractivity contribution is -0.121. The zero-order valence-corrected chi connectivity index (χ0v) is 13.8. The summed E-state index contributed by atoms with van der Waals surface area (Å²) in [5.74, 6) is -1.43. The molecule has 1 amide bonds. The first-order chi connectivity index (χ1) is 10.7. The number of carbonyl (C=O) groups excluding carboxylic acids is 2. The van der Waals surface area contributed by atoms with Gasteiger partial charge in [-0.25, -0.2) is 12.8 Å². The highest BCUT2D eigenvalue weighted by Crippen LogP contribution is 2.28. The molecule has 0 aliphatic carbocycles. The van der Waals surface area contributed by atoms with E-state index in [1.807, 2.05) is 0 Å². The summed E-state index contributed by atoms with van der Waals surface area (Å²) in [5, 5.41) is 2.26. The highest BCUT2D eigenvalue weighted by Gasteiger charge is 2.36. The second kappa shape index (κ2) is 6.76. The van der Waals surface area contributed by atoms with Gasteiger partial charge in [0.05, 0.1) is 16.6 Å². The minimum absolute atomic E-state index is 0.143. The average molecular weight is 342 g/mol. The Morgan fingerprint density at radius 3 is 2.57 bits per heavy atom. The second-order valence-corrected chi connectivity index (χ2v) is 7.45. The molecular formula is C15H19FN2O4S. The van der Waals surface area contributed by atoms with E-state index in [4.69, 9.17) is 0 Å². The number of amides is 1. The molecular weight excluding hydrogens is 323 g/mol. The molecule has 126 valence electrons. The maximum absolute atomic E-state index is 13.7. The van der Waals surface area contributed by atoms with Crippen molar-refractivity contribution < 1.29 is 22.4 Å². The van der Waals surface area contributed by atoms with E-state index in [1.54, 1.807) is 0 Å². The first kappa shape index (κ1) is 17.6. The number of nitrogens with zero attached hydrogens (tertiary/aromatic N) is 1. The summed E-state index contributed by atoms with van der Waals surface area (Å²) in [7, 11) is -3.94. The first-order valence-corrected chi connectivity index (χ1v) is 8.77. The quantitative estimate of drug-likeness (QED) is 0.906. The molecule has 1 aliphatic heterocycles. The van der Waals surface area contributed by atoms with Crippen LogP contribution in [0.5, 0.6) is 0 Å². The molecule has 0 bridgehead atoms. The number of piperidine rings is 1. The maximum atomic E-state index is 13.7. The summed E-state index contributed by atoms with van der Waals surface area (Å²) in [6.07, 6.45) is 1.94. The van der Waals surface area contributed by atoms with Crippen LogP contribution in [0.4, 0.5) is 10.1 Å². The molecule has 1 aromatic carbocycles. The maximum Gasteiger partial charge on any atom is 0.243 e. The van der Waals surface area contributed by atoms with Gasteiger partial charge in [0, 0.05) is 13.5 Å². The fourth-order valence-corrected chi connectivity index (χ4v) is 4.42. The van der Waals surface area contributed by atoms with Crippen LogP contribution in [0.25, 0.3) is 0 Å². The zero-order valence-electron chi connectivity index (χ0n) is 13.0. The van der Waals surface area contributed by atoms with E-state index < -0.39 is 27.8 Å². The summed E-state index contributed by atoms with van der Waals surface area (Å²) < 4.78 is 40.4. The Morgan fingerprint density at radius 1 is 1.26 bits per heavy atom. The Hall–Kier alpha value is -1.80. The monoisotopic (exact) mass is 342 g/mol. The van der Waals surface area contributed by atoms with E-state index in [2.05, 4.69) is 5.32 Å². The average Bonchev–Trinajstić information content (AvgIpc) is 2.48. The van der Waals surface area contributed by atoms with Gasteiger partial charge >= 0.3 is 0 Å². The number of anilines is 1. The van der Waals surface area contributed by atoms with Crippen molar-refractivity contribution in [1.29, 1.82) is 0 Å². The molecule has 2 rings (SSSR count). The molecule has 0 radical (unpaired) electrons. The Labute approximate surface area is 134 Å². The third kappa shape index (κ3) is 3.76. The minimum atomic E-state index is -3.94. The van der Waals surface area contributed by atoms with Crippen LogP contribution in [-0.2, 0) is 19.6 Å². The van der Waals surface area contributed by atoms with Crippen LogP contribution in [-0.4, -0.2) is 37.0 Å². The number of rotatable bonds is 4. The van der Waals surface area contributed by atoms with Crippen molar-refractivity contribution in [2.45, 2.75) is 44.0 Å². The highest BCUT2D eigenvalue weighted by atomic mass is 32.2. The summed E-state index contributed by atoms with van der Waals surface area (Å²) >= 11 is 0. The van der Waals surface area contributed by atoms with E-state index >= 15 is 0 Å². The molecule has 1 atom stereocenters. The number of benzene rings is 1. The fourth-order valence-electron chi connectivity index (χ4n) is 2.68. The Bertz CT molecular complexity index is 733. The summed E-state index contributed by atoms with van der Waals surface area (Å²) in [4.78, 5) is 22.7. The third-order valence-corrected chi connectivity index (χ3v) is 5.68. The standard InChI is InChI=1S/C15H19FN2O4S/c1-10(19)15-5-3-4-8-18(15)23(21,22)12-6-7-13(16)14(9-12)17-11(2)20/h6-7,9,15H,3-5,8H2,1-2H3,(H,17,20). The van der Waals surface area contributed by atoms with E-state index in [0.717, 1.165) is 24.6 Å². The predicted octanol–water partition coefficient (Wildman–Crippen LogP) is 1.92. The van der Waals surface area contributed by atoms with Crippen LogP contribution in [0.1, 0.15) is 33.1 Å². The number of ketones is 1. The molecule has 8 heteroatoms. The number of hydrogen-bond donors (Lipinski definition) is 1. The lowest BCUT2D eigenvalue weighted by Crippen LogP contribution is -2.47. The lowest BCUT2D eigenvalue weighted by Gasteiger charge is -2.33. The van der Waals surface area contributed by atoms with Crippen molar-refractivity contribution in [3.8, 4) is 0 Å². The number of halogens is 1. The molecule has 1 aliphatic rings. The van der Waals surface area contributed by atoms with Crippen LogP contribution >= 0.6 is 0 Å². The molecule has 0 spiro atoms. The fraction of sp³-hybridized carbons (Fsp3) is 0.467. The van der Waals surface area contributed by atoms with E-state index in [1.165, 1.54) is 18.2 Å². The van der Waals surface area contributed by atoms with Crippen molar-refractivity contribution in [2.75, 3.05) is 11.9 Å². The summed E-state index contributed by atoms with van der Waals surface area (Å²) in [6.45, 7) is 2.82. The molecule has 6 nitrogen and oxygen atoms in total. The Morgan fingerprint density at radius 2 is 1.96 bits per heavy atom. The van der Waals surface area contributed by atoms with Crippen molar-refractivity contribution in [1.82, 2.24) is 4.31 Å². The topological polar surface area (TPSA) is 83.6 Å². The van der Waals surface area contributed by atoms with Gasteiger partial charge in [-0.2, -0.15) is 4.31 Å². The highest BCUT2D eigenvalue weighted by molar-refractivity contribution is 7.89. The molecule has 0 aromatic heterocycles. The number of nitrogens with one attached hydrogen (secondary N) is 1. The van der Waals surface area contributed by atoms with Crippen molar-refractivity contribution in [3.63, 3.8) is 0 Å². The van der Waals surface area contributed by atoms with Crippen molar-refractivity contribution in [3.05, 3.63) is 24.0 Å². The predicted molar refractivity (Wildman–Crippen MR) is 82.9 cm³/mol. The number of sulfonamides is 1. The Balaban J connectivity index is 2.42. The molecule has 1 aromatic rings. The zero-order chi connectivity index (χ0) is 17.2.